The summed E-state index contributed by atoms with van der Waals surface area (Å²) in [6.45, 7) is 0. The number of carbonyl (C=O) groups excluding carboxylic acids is 1. The first kappa shape index (κ1) is 17.6. The quantitative estimate of drug-likeness (QED) is 0.589. The van der Waals surface area contributed by atoms with Gasteiger partial charge in [-0.25, -0.2) is 4.52 Å². The molecule has 2 heterocycles. The van der Waals surface area contributed by atoms with Gasteiger partial charge in [0.15, 0.2) is 5.69 Å². The molecule has 1 N–H and O–H groups in total. The highest BCUT2D eigenvalue weighted by molar-refractivity contribution is 6.04. The molecule has 2 aromatic carbocycles. The van der Waals surface area contributed by atoms with Crippen LogP contribution in [-0.2, 0) is 7.05 Å². The van der Waals surface area contributed by atoms with E-state index in [0.29, 0.717) is 22.7 Å². The molecule has 142 valence electrons. The van der Waals surface area contributed by atoms with Crippen molar-refractivity contribution in [3.8, 4) is 11.5 Å². The number of benzene rings is 2. The van der Waals surface area contributed by atoms with E-state index in [4.69, 9.17) is 9.47 Å². The number of ether oxygens (including phenoxy) is 2. The fraction of sp³-hybridized carbons (Fsp3) is 0.150. The second kappa shape index (κ2) is 6.73. The molecule has 0 aliphatic carbocycles. The van der Waals surface area contributed by atoms with Gasteiger partial charge in [-0.3, -0.25) is 9.59 Å². The van der Waals surface area contributed by atoms with E-state index in [1.807, 2.05) is 24.3 Å². The molecule has 4 aromatic rings. The molecule has 2 aromatic heterocycles. The Labute approximate surface area is 159 Å². The molecule has 4 rings (SSSR count). The molecule has 0 atom stereocenters. The van der Waals surface area contributed by atoms with E-state index in [1.165, 1.54) is 24.8 Å². The molecule has 8 heteroatoms. The number of nitrogens with zero attached hydrogens (tertiary/aromatic N) is 3. The van der Waals surface area contributed by atoms with Crippen molar-refractivity contribution < 1.29 is 14.3 Å². The predicted octanol–water partition coefficient (Wildman–Crippen LogP) is 2.46. The summed E-state index contributed by atoms with van der Waals surface area (Å²) >= 11 is 0. The van der Waals surface area contributed by atoms with E-state index < -0.39 is 5.91 Å². The highest BCUT2D eigenvalue weighted by Crippen LogP contribution is 2.29. The molecule has 28 heavy (non-hydrogen) atoms. The minimum atomic E-state index is -0.457. The van der Waals surface area contributed by atoms with Gasteiger partial charge in [0.1, 0.15) is 17.0 Å². The Balaban J connectivity index is 1.80. The van der Waals surface area contributed by atoms with Crippen molar-refractivity contribution in [1.29, 1.82) is 0 Å². The van der Waals surface area contributed by atoms with Gasteiger partial charge in [0, 0.05) is 19.2 Å². The summed E-state index contributed by atoms with van der Waals surface area (Å²) in [4.78, 5) is 25.4. The monoisotopic (exact) mass is 378 g/mol. The van der Waals surface area contributed by atoms with Gasteiger partial charge in [0.05, 0.1) is 30.9 Å². The maximum atomic E-state index is 12.8. The lowest BCUT2D eigenvalue weighted by Crippen LogP contribution is -2.19. The van der Waals surface area contributed by atoms with Gasteiger partial charge >= 0.3 is 0 Å². The number of aromatic nitrogens is 3. The SMILES string of the molecule is COc1ccc(OC)c(NC(=O)c2cc3c(=O)n(C)c4ccccc4n3n2)c1. The van der Waals surface area contributed by atoms with Crippen LogP contribution in [-0.4, -0.2) is 34.3 Å². The number of para-hydroxylation sites is 2. The van der Waals surface area contributed by atoms with Crippen molar-refractivity contribution in [2.45, 2.75) is 0 Å². The van der Waals surface area contributed by atoms with Crippen LogP contribution in [0, 0.1) is 0 Å². The highest BCUT2D eigenvalue weighted by Gasteiger charge is 2.18. The zero-order valence-corrected chi connectivity index (χ0v) is 15.6. The Morgan fingerprint density at radius 3 is 2.46 bits per heavy atom. The van der Waals surface area contributed by atoms with Crippen LogP contribution < -0.4 is 20.3 Å². The Hall–Kier alpha value is -3.81. The van der Waals surface area contributed by atoms with Gasteiger partial charge in [-0.15, -0.1) is 0 Å². The molecule has 0 aliphatic heterocycles. The second-order valence-electron chi connectivity index (χ2n) is 6.20. The fourth-order valence-corrected chi connectivity index (χ4v) is 3.13. The Morgan fingerprint density at radius 2 is 1.75 bits per heavy atom. The van der Waals surface area contributed by atoms with Crippen molar-refractivity contribution >= 4 is 28.1 Å². The summed E-state index contributed by atoms with van der Waals surface area (Å²) in [6, 6.07) is 13.9. The van der Waals surface area contributed by atoms with Gasteiger partial charge in [0.25, 0.3) is 11.5 Å². The van der Waals surface area contributed by atoms with E-state index >= 15 is 0 Å². The Kier molecular flexibility index (Phi) is 4.23. The molecule has 0 radical (unpaired) electrons. The van der Waals surface area contributed by atoms with E-state index in [0.717, 1.165) is 11.0 Å². The first-order chi connectivity index (χ1) is 13.5. The lowest BCUT2D eigenvalue weighted by Gasteiger charge is -2.10. The van der Waals surface area contributed by atoms with E-state index in [9.17, 15) is 9.59 Å². The van der Waals surface area contributed by atoms with Crippen molar-refractivity contribution in [2.75, 3.05) is 19.5 Å². The number of nitrogens with one attached hydrogen (secondary N) is 1. The number of methoxy groups -OCH3 is 2. The number of rotatable bonds is 4. The maximum Gasteiger partial charge on any atom is 0.276 e. The molecular formula is C20H18N4O4. The summed E-state index contributed by atoms with van der Waals surface area (Å²) in [7, 11) is 4.74. The molecule has 8 nitrogen and oxygen atoms in total. The van der Waals surface area contributed by atoms with Gasteiger partial charge in [0.2, 0.25) is 0 Å². The number of hydrogen-bond donors (Lipinski definition) is 1. The first-order valence-corrected chi connectivity index (χ1v) is 8.54. The van der Waals surface area contributed by atoms with Crippen LogP contribution in [0.15, 0.2) is 53.3 Å². The number of anilines is 1. The normalized spacial score (nSPS) is 11.0. The number of fused-ring (bicyclic) bond motifs is 3. The standard InChI is InChI=1S/C20H18N4O4/c1-23-15-6-4-5-7-16(15)24-17(20(23)26)11-14(22-24)19(25)21-13-10-12(27-2)8-9-18(13)28-3/h4-11H,1-3H3,(H,21,25). The minimum Gasteiger partial charge on any atom is -0.497 e. The molecule has 0 spiro atoms. The van der Waals surface area contributed by atoms with Crippen molar-refractivity contribution in [1.82, 2.24) is 14.2 Å². The van der Waals surface area contributed by atoms with E-state index in [2.05, 4.69) is 10.4 Å². The third-order valence-electron chi connectivity index (χ3n) is 4.59. The van der Waals surface area contributed by atoms with Gasteiger partial charge in [-0.2, -0.15) is 5.10 Å². The molecule has 0 aliphatic rings. The molecule has 0 saturated carbocycles. The largest absolute Gasteiger partial charge is 0.497 e. The van der Waals surface area contributed by atoms with Crippen LogP contribution in [0.4, 0.5) is 5.69 Å². The van der Waals surface area contributed by atoms with Gasteiger partial charge in [-0.1, -0.05) is 12.1 Å². The fourth-order valence-electron chi connectivity index (χ4n) is 3.13. The van der Waals surface area contributed by atoms with Crippen molar-refractivity contribution in [2.24, 2.45) is 7.05 Å². The number of hydrogen-bond acceptors (Lipinski definition) is 5. The molecule has 0 unspecified atom stereocenters. The van der Waals surface area contributed by atoms with Crippen LogP contribution in [0.2, 0.25) is 0 Å². The summed E-state index contributed by atoms with van der Waals surface area (Å²) in [5.41, 5.74) is 2.12. The smallest absolute Gasteiger partial charge is 0.276 e. The van der Waals surface area contributed by atoms with Gasteiger partial charge < -0.3 is 19.4 Å². The predicted molar refractivity (Wildman–Crippen MR) is 105 cm³/mol. The zero-order chi connectivity index (χ0) is 19.8. The first-order valence-electron chi connectivity index (χ1n) is 8.54. The topological polar surface area (TPSA) is 86.9 Å². The van der Waals surface area contributed by atoms with Crippen LogP contribution in [0.1, 0.15) is 10.5 Å². The van der Waals surface area contributed by atoms with Crippen molar-refractivity contribution in [3.05, 3.63) is 64.6 Å². The summed E-state index contributed by atoms with van der Waals surface area (Å²) in [6.07, 6.45) is 0. The zero-order valence-electron chi connectivity index (χ0n) is 15.6. The molecular weight excluding hydrogens is 360 g/mol. The van der Waals surface area contributed by atoms with Crippen LogP contribution >= 0.6 is 0 Å². The van der Waals surface area contributed by atoms with Crippen LogP contribution in [0.25, 0.3) is 16.6 Å². The van der Waals surface area contributed by atoms with Crippen LogP contribution in [0.5, 0.6) is 11.5 Å². The highest BCUT2D eigenvalue weighted by atomic mass is 16.5. The maximum absolute atomic E-state index is 12.8. The minimum absolute atomic E-state index is 0.123. The lowest BCUT2D eigenvalue weighted by molar-refractivity contribution is 0.102. The average molecular weight is 378 g/mol. The summed E-state index contributed by atoms with van der Waals surface area (Å²) < 4.78 is 13.5. The third kappa shape index (κ3) is 2.75. The molecule has 0 bridgehead atoms. The lowest BCUT2D eigenvalue weighted by atomic mass is 10.2. The van der Waals surface area contributed by atoms with E-state index in [-0.39, 0.29) is 11.3 Å². The Bertz CT molecular complexity index is 1270. The number of aryl methyl sites for hydroxylation is 1. The summed E-state index contributed by atoms with van der Waals surface area (Å²) in [5, 5.41) is 7.12. The van der Waals surface area contributed by atoms with Gasteiger partial charge in [-0.05, 0) is 24.3 Å². The number of carbonyl (C=O) groups is 1. The molecule has 0 saturated heterocycles. The average Bonchev–Trinajstić information content (AvgIpc) is 3.18. The summed E-state index contributed by atoms with van der Waals surface area (Å²) in [5.74, 6) is 0.603. The molecule has 1 amide bonds. The van der Waals surface area contributed by atoms with Crippen LogP contribution in [0.3, 0.4) is 0 Å². The number of amides is 1. The molecule has 0 fully saturated rings. The Morgan fingerprint density at radius 1 is 1.00 bits per heavy atom. The second-order valence-corrected chi connectivity index (χ2v) is 6.20. The third-order valence-corrected chi connectivity index (χ3v) is 4.59. The van der Waals surface area contributed by atoms with E-state index in [1.54, 1.807) is 29.8 Å². The van der Waals surface area contributed by atoms with Crippen molar-refractivity contribution in [3.63, 3.8) is 0 Å².